The van der Waals surface area contributed by atoms with Crippen LogP contribution in [0.4, 0.5) is 0 Å². The highest BCUT2D eigenvalue weighted by atomic mass is 35.5. The molecule has 0 spiro atoms. The number of nitrogens with zero attached hydrogens (tertiary/aromatic N) is 1. The first-order valence-electron chi connectivity index (χ1n) is 8.14. The zero-order chi connectivity index (χ0) is 20.3. The van der Waals surface area contributed by atoms with E-state index < -0.39 is 11.9 Å². The highest BCUT2D eigenvalue weighted by Crippen LogP contribution is 2.39. The molecule has 0 saturated carbocycles. The van der Waals surface area contributed by atoms with E-state index in [1.54, 1.807) is 36.4 Å². The number of carbonyl (C=O) groups excluding carboxylic acids is 2. The van der Waals surface area contributed by atoms with Crippen LogP contribution in [0.1, 0.15) is 18.1 Å². The molecule has 2 aromatic rings. The molecular weight excluding hydrogens is 386 g/mol. The molecule has 1 aliphatic rings. The minimum absolute atomic E-state index is 0.0966. The molecule has 2 aromatic carbocycles. The van der Waals surface area contributed by atoms with Gasteiger partial charge >= 0.3 is 11.9 Å². The summed E-state index contributed by atoms with van der Waals surface area (Å²) in [6.45, 7) is 1.27. The summed E-state index contributed by atoms with van der Waals surface area (Å²) >= 11 is 5.97. The van der Waals surface area contributed by atoms with Gasteiger partial charge in [-0.25, -0.2) is 9.79 Å². The molecule has 28 heavy (non-hydrogen) atoms. The Morgan fingerprint density at radius 2 is 1.82 bits per heavy atom. The number of benzene rings is 2. The predicted molar refractivity (Wildman–Crippen MR) is 103 cm³/mol. The fraction of sp³-hybridized carbons (Fsp3) is 0.150. The van der Waals surface area contributed by atoms with Crippen LogP contribution in [0.2, 0.25) is 5.02 Å². The number of hydrogen-bond donors (Lipinski definition) is 0. The number of cyclic esters (lactones) is 1. The van der Waals surface area contributed by atoms with Crippen LogP contribution >= 0.6 is 11.6 Å². The van der Waals surface area contributed by atoms with E-state index in [1.807, 2.05) is 0 Å². The standard InChI is InChI=1S/C20H16ClNO6/c1-11(23)27-18-16(25-2)8-12(9-17(18)26-3)7-15-20(24)28-19(22-15)13-5-4-6-14(21)10-13/h4-10H,1-3H3. The summed E-state index contributed by atoms with van der Waals surface area (Å²) in [5, 5.41) is 0.504. The van der Waals surface area contributed by atoms with Crippen molar-refractivity contribution in [1.82, 2.24) is 0 Å². The van der Waals surface area contributed by atoms with Crippen LogP contribution in [0.15, 0.2) is 47.1 Å². The Labute approximate surface area is 166 Å². The first-order chi connectivity index (χ1) is 13.4. The van der Waals surface area contributed by atoms with E-state index >= 15 is 0 Å². The molecule has 7 nitrogen and oxygen atoms in total. The van der Waals surface area contributed by atoms with Gasteiger partial charge in [-0.2, -0.15) is 0 Å². The van der Waals surface area contributed by atoms with E-state index in [2.05, 4.69) is 4.99 Å². The molecule has 0 aliphatic carbocycles. The van der Waals surface area contributed by atoms with Gasteiger partial charge in [-0.15, -0.1) is 0 Å². The van der Waals surface area contributed by atoms with Crippen molar-refractivity contribution in [2.24, 2.45) is 4.99 Å². The predicted octanol–water partition coefficient (Wildman–Crippen LogP) is 3.63. The van der Waals surface area contributed by atoms with Crippen LogP contribution in [0, 0.1) is 0 Å². The van der Waals surface area contributed by atoms with Crippen molar-refractivity contribution in [2.45, 2.75) is 6.92 Å². The SMILES string of the molecule is COc1cc(C=C2N=C(c3cccc(Cl)c3)OC2=O)cc(OC)c1OC(C)=O. The Hall–Kier alpha value is -3.32. The van der Waals surface area contributed by atoms with Crippen molar-refractivity contribution in [3.05, 3.63) is 58.2 Å². The van der Waals surface area contributed by atoms with Gasteiger partial charge in [0.1, 0.15) is 0 Å². The van der Waals surface area contributed by atoms with Crippen molar-refractivity contribution in [1.29, 1.82) is 0 Å². The van der Waals surface area contributed by atoms with Crippen molar-refractivity contribution in [3.8, 4) is 17.2 Å². The van der Waals surface area contributed by atoms with Crippen LogP contribution in [0.5, 0.6) is 17.2 Å². The van der Waals surface area contributed by atoms with Crippen molar-refractivity contribution in [3.63, 3.8) is 0 Å². The van der Waals surface area contributed by atoms with Crippen LogP contribution in [-0.4, -0.2) is 32.1 Å². The zero-order valence-corrected chi connectivity index (χ0v) is 16.1. The number of halogens is 1. The summed E-state index contributed by atoms with van der Waals surface area (Å²) in [6, 6.07) is 10.0. The van der Waals surface area contributed by atoms with Gasteiger partial charge in [0.2, 0.25) is 11.6 Å². The molecule has 0 N–H and O–H groups in total. The number of ether oxygens (including phenoxy) is 4. The summed E-state index contributed by atoms with van der Waals surface area (Å²) in [5.41, 5.74) is 1.23. The molecule has 1 heterocycles. The lowest BCUT2D eigenvalue weighted by Gasteiger charge is -2.13. The fourth-order valence-corrected chi connectivity index (χ4v) is 2.73. The minimum atomic E-state index is -0.600. The average molecular weight is 402 g/mol. The van der Waals surface area contributed by atoms with Gasteiger partial charge in [0, 0.05) is 17.5 Å². The minimum Gasteiger partial charge on any atom is -0.493 e. The van der Waals surface area contributed by atoms with Gasteiger partial charge in [-0.3, -0.25) is 4.79 Å². The molecule has 0 fully saturated rings. The average Bonchev–Trinajstić information content (AvgIpc) is 3.02. The second kappa shape index (κ2) is 8.14. The summed E-state index contributed by atoms with van der Waals surface area (Å²) < 4.78 is 20.9. The summed E-state index contributed by atoms with van der Waals surface area (Å²) in [5.74, 6) is -0.264. The lowest BCUT2D eigenvalue weighted by molar-refractivity contribution is -0.132. The van der Waals surface area contributed by atoms with Crippen LogP contribution in [-0.2, 0) is 14.3 Å². The summed E-state index contributed by atoms with van der Waals surface area (Å²) in [7, 11) is 2.86. The molecule has 0 atom stereocenters. The van der Waals surface area contributed by atoms with Gasteiger partial charge in [-0.1, -0.05) is 17.7 Å². The highest BCUT2D eigenvalue weighted by Gasteiger charge is 2.25. The number of esters is 2. The van der Waals surface area contributed by atoms with Crippen molar-refractivity contribution >= 4 is 35.5 Å². The maximum Gasteiger partial charge on any atom is 0.363 e. The normalized spacial score (nSPS) is 14.5. The third-order valence-electron chi connectivity index (χ3n) is 3.72. The van der Waals surface area contributed by atoms with Gasteiger partial charge in [0.25, 0.3) is 0 Å². The molecule has 0 aromatic heterocycles. The first-order valence-corrected chi connectivity index (χ1v) is 8.52. The largest absolute Gasteiger partial charge is 0.493 e. The van der Waals surface area contributed by atoms with Gasteiger partial charge in [-0.05, 0) is 42.0 Å². The summed E-state index contributed by atoms with van der Waals surface area (Å²) in [4.78, 5) is 27.8. The lowest BCUT2D eigenvalue weighted by Crippen LogP contribution is -2.05. The molecular formula is C20H16ClNO6. The van der Waals surface area contributed by atoms with Crippen LogP contribution in [0.25, 0.3) is 6.08 Å². The van der Waals surface area contributed by atoms with E-state index in [1.165, 1.54) is 27.2 Å². The number of methoxy groups -OCH3 is 2. The van der Waals surface area contributed by atoms with Crippen LogP contribution < -0.4 is 14.2 Å². The fourth-order valence-electron chi connectivity index (χ4n) is 2.54. The molecule has 144 valence electrons. The quantitative estimate of drug-likeness (QED) is 0.432. The van der Waals surface area contributed by atoms with Gasteiger partial charge < -0.3 is 18.9 Å². The number of aliphatic imine (C=N–C) groups is 1. The molecule has 0 bridgehead atoms. The molecule has 3 rings (SSSR count). The van der Waals surface area contributed by atoms with E-state index in [0.717, 1.165) is 0 Å². The van der Waals surface area contributed by atoms with Gasteiger partial charge in [0.05, 0.1) is 14.2 Å². The first kappa shape index (κ1) is 19.4. The lowest BCUT2D eigenvalue weighted by atomic mass is 10.1. The van der Waals surface area contributed by atoms with E-state index in [-0.39, 0.29) is 28.8 Å². The number of rotatable bonds is 5. The second-order valence-electron chi connectivity index (χ2n) is 5.69. The topological polar surface area (TPSA) is 83.4 Å². The summed E-state index contributed by atoms with van der Waals surface area (Å²) in [6.07, 6.45) is 1.52. The Morgan fingerprint density at radius 3 is 2.39 bits per heavy atom. The van der Waals surface area contributed by atoms with E-state index in [0.29, 0.717) is 16.1 Å². The number of hydrogen-bond acceptors (Lipinski definition) is 7. The molecule has 0 unspecified atom stereocenters. The Balaban J connectivity index is 2.00. The Bertz CT molecular complexity index is 987. The maximum absolute atomic E-state index is 12.2. The van der Waals surface area contributed by atoms with E-state index in [9.17, 15) is 9.59 Å². The van der Waals surface area contributed by atoms with Crippen LogP contribution in [0.3, 0.4) is 0 Å². The van der Waals surface area contributed by atoms with Gasteiger partial charge in [0.15, 0.2) is 17.2 Å². The molecule has 0 saturated heterocycles. The third kappa shape index (κ3) is 4.15. The molecule has 8 heteroatoms. The van der Waals surface area contributed by atoms with Crippen molar-refractivity contribution < 1.29 is 28.5 Å². The maximum atomic E-state index is 12.2. The number of carbonyl (C=O) groups is 2. The zero-order valence-electron chi connectivity index (χ0n) is 15.3. The molecule has 0 amide bonds. The molecule has 1 aliphatic heterocycles. The smallest absolute Gasteiger partial charge is 0.363 e. The highest BCUT2D eigenvalue weighted by molar-refractivity contribution is 6.31. The monoisotopic (exact) mass is 401 g/mol. The Kier molecular flexibility index (Phi) is 5.65. The van der Waals surface area contributed by atoms with E-state index in [4.69, 9.17) is 30.5 Å². The Morgan fingerprint density at radius 1 is 1.14 bits per heavy atom. The third-order valence-corrected chi connectivity index (χ3v) is 3.96. The second-order valence-corrected chi connectivity index (χ2v) is 6.13. The van der Waals surface area contributed by atoms with Crippen molar-refractivity contribution in [2.75, 3.05) is 14.2 Å². The molecule has 0 radical (unpaired) electrons.